The Balaban J connectivity index is 1.52. The molecule has 1 saturated carbocycles. The van der Waals surface area contributed by atoms with Crippen molar-refractivity contribution in [3.63, 3.8) is 0 Å². The normalized spacial score (nSPS) is 37.9. The van der Waals surface area contributed by atoms with E-state index in [2.05, 4.69) is 22.6 Å². The van der Waals surface area contributed by atoms with Crippen LogP contribution in [0.3, 0.4) is 0 Å². The van der Waals surface area contributed by atoms with Crippen molar-refractivity contribution in [3.8, 4) is 0 Å². The molecule has 2 heterocycles. The van der Waals surface area contributed by atoms with Crippen LogP contribution in [0.15, 0.2) is 4.99 Å². The smallest absolute Gasteiger partial charge is 0.194 e. The fourth-order valence-electron chi connectivity index (χ4n) is 3.64. The predicted octanol–water partition coefficient (Wildman–Crippen LogP) is 1.19. The van der Waals surface area contributed by atoms with Gasteiger partial charge in [0.05, 0.1) is 6.04 Å². The molecule has 3 unspecified atom stereocenters. The molecular formula is C14H26N4. The molecule has 102 valence electrons. The molecule has 3 fully saturated rings. The molecule has 2 aliphatic heterocycles. The van der Waals surface area contributed by atoms with E-state index in [1.807, 2.05) is 0 Å². The number of nitrogens with one attached hydrogen (secondary N) is 2. The highest BCUT2D eigenvalue weighted by atomic mass is 15.4. The average Bonchev–Trinajstić information content (AvgIpc) is 3.00. The van der Waals surface area contributed by atoms with Gasteiger partial charge in [0.2, 0.25) is 0 Å². The molecule has 2 N–H and O–H groups in total. The maximum absolute atomic E-state index is 4.80. The van der Waals surface area contributed by atoms with Crippen molar-refractivity contribution >= 4 is 5.96 Å². The first-order valence-corrected chi connectivity index (χ1v) is 7.59. The summed E-state index contributed by atoms with van der Waals surface area (Å²) in [5.74, 6) is 2.00. The Bertz CT molecular complexity index is 309. The van der Waals surface area contributed by atoms with Crippen molar-refractivity contribution in [3.05, 3.63) is 0 Å². The Morgan fingerprint density at radius 3 is 2.94 bits per heavy atom. The second-order valence-corrected chi connectivity index (χ2v) is 6.07. The van der Waals surface area contributed by atoms with Gasteiger partial charge in [-0.1, -0.05) is 12.8 Å². The number of guanidine groups is 1. The molecule has 0 aromatic carbocycles. The fraction of sp³-hybridized carbons (Fsp3) is 0.929. The van der Waals surface area contributed by atoms with E-state index < -0.39 is 0 Å². The number of hydrogen-bond donors (Lipinski definition) is 2. The molecule has 0 aromatic heterocycles. The highest BCUT2D eigenvalue weighted by Crippen LogP contribution is 2.26. The van der Waals surface area contributed by atoms with Crippen LogP contribution in [0.25, 0.3) is 0 Å². The van der Waals surface area contributed by atoms with E-state index in [4.69, 9.17) is 4.99 Å². The summed E-state index contributed by atoms with van der Waals surface area (Å²) in [5.41, 5.74) is 0. The molecule has 4 nitrogen and oxygen atoms in total. The zero-order valence-electron chi connectivity index (χ0n) is 11.5. The van der Waals surface area contributed by atoms with Crippen molar-refractivity contribution in [2.45, 2.75) is 50.6 Å². The summed E-state index contributed by atoms with van der Waals surface area (Å²) >= 11 is 0. The van der Waals surface area contributed by atoms with Gasteiger partial charge in [0.15, 0.2) is 5.96 Å². The first-order chi connectivity index (χ1) is 8.84. The molecule has 3 atom stereocenters. The van der Waals surface area contributed by atoms with Gasteiger partial charge in [0.1, 0.15) is 0 Å². The summed E-state index contributed by atoms with van der Waals surface area (Å²) in [6.45, 7) is 3.38. The minimum atomic E-state index is 0.663. The SMILES string of the molecule is CN1C(=NCCC2CCNC2)NC2CCCCC21. The Morgan fingerprint density at radius 1 is 1.28 bits per heavy atom. The Morgan fingerprint density at radius 2 is 2.17 bits per heavy atom. The van der Waals surface area contributed by atoms with Crippen molar-refractivity contribution < 1.29 is 0 Å². The predicted molar refractivity (Wildman–Crippen MR) is 74.8 cm³/mol. The molecule has 0 radical (unpaired) electrons. The van der Waals surface area contributed by atoms with Crippen LogP contribution in [-0.2, 0) is 0 Å². The van der Waals surface area contributed by atoms with E-state index in [0.717, 1.165) is 18.4 Å². The maximum Gasteiger partial charge on any atom is 0.194 e. The average molecular weight is 250 g/mol. The first-order valence-electron chi connectivity index (χ1n) is 7.59. The van der Waals surface area contributed by atoms with Gasteiger partial charge in [-0.05, 0) is 44.7 Å². The second-order valence-electron chi connectivity index (χ2n) is 6.07. The topological polar surface area (TPSA) is 39.7 Å². The molecule has 0 amide bonds. The van der Waals surface area contributed by atoms with Crippen molar-refractivity contribution in [1.82, 2.24) is 15.5 Å². The summed E-state index contributed by atoms with van der Waals surface area (Å²) in [5, 5.41) is 7.05. The summed E-state index contributed by atoms with van der Waals surface area (Å²) < 4.78 is 0. The van der Waals surface area contributed by atoms with Gasteiger partial charge in [-0.25, -0.2) is 0 Å². The summed E-state index contributed by atoms with van der Waals surface area (Å²) in [6.07, 6.45) is 7.98. The molecule has 18 heavy (non-hydrogen) atoms. The molecule has 2 saturated heterocycles. The molecule has 4 heteroatoms. The van der Waals surface area contributed by atoms with Gasteiger partial charge >= 0.3 is 0 Å². The fourth-order valence-corrected chi connectivity index (χ4v) is 3.64. The quantitative estimate of drug-likeness (QED) is 0.790. The van der Waals surface area contributed by atoms with Crippen LogP contribution in [0.4, 0.5) is 0 Å². The molecule has 3 aliphatic rings. The van der Waals surface area contributed by atoms with Gasteiger partial charge in [-0.3, -0.25) is 4.99 Å². The van der Waals surface area contributed by atoms with Crippen molar-refractivity contribution in [1.29, 1.82) is 0 Å². The molecule has 0 spiro atoms. The zero-order valence-corrected chi connectivity index (χ0v) is 11.5. The van der Waals surface area contributed by atoms with Crippen LogP contribution in [0.5, 0.6) is 0 Å². The number of hydrogen-bond acceptors (Lipinski definition) is 2. The van der Waals surface area contributed by atoms with E-state index in [-0.39, 0.29) is 0 Å². The standard InChI is InChI=1S/C14H26N4/c1-18-13-5-3-2-4-12(13)17-14(18)16-9-7-11-6-8-15-10-11/h11-13,15H,2-10H2,1H3,(H,16,17). The Labute approximate surface area is 110 Å². The highest BCUT2D eigenvalue weighted by Gasteiger charge is 2.36. The van der Waals surface area contributed by atoms with Crippen molar-refractivity contribution in [2.24, 2.45) is 10.9 Å². The second kappa shape index (κ2) is 5.47. The third kappa shape index (κ3) is 2.48. The van der Waals surface area contributed by atoms with E-state index >= 15 is 0 Å². The van der Waals surface area contributed by atoms with Crippen LogP contribution in [0.2, 0.25) is 0 Å². The number of fused-ring (bicyclic) bond motifs is 1. The van der Waals surface area contributed by atoms with Gasteiger partial charge in [0, 0.05) is 19.6 Å². The third-order valence-corrected chi connectivity index (χ3v) is 4.84. The highest BCUT2D eigenvalue weighted by molar-refractivity contribution is 5.82. The van der Waals surface area contributed by atoms with Gasteiger partial charge in [-0.15, -0.1) is 0 Å². The van der Waals surface area contributed by atoms with E-state index in [0.29, 0.717) is 12.1 Å². The monoisotopic (exact) mass is 250 g/mol. The number of rotatable bonds is 3. The first kappa shape index (κ1) is 12.3. The number of likely N-dealkylation sites (N-methyl/N-ethyl adjacent to an activating group) is 1. The lowest BCUT2D eigenvalue weighted by Gasteiger charge is -2.27. The molecule has 3 rings (SSSR count). The van der Waals surface area contributed by atoms with Gasteiger partial charge < -0.3 is 15.5 Å². The van der Waals surface area contributed by atoms with Crippen LogP contribution in [-0.4, -0.2) is 49.6 Å². The Kier molecular flexibility index (Phi) is 3.73. The lowest BCUT2D eigenvalue weighted by molar-refractivity contribution is 0.278. The minimum Gasteiger partial charge on any atom is -0.351 e. The molecule has 1 aliphatic carbocycles. The van der Waals surface area contributed by atoms with Crippen LogP contribution < -0.4 is 10.6 Å². The van der Waals surface area contributed by atoms with Gasteiger partial charge in [-0.2, -0.15) is 0 Å². The van der Waals surface area contributed by atoms with Crippen LogP contribution in [0.1, 0.15) is 38.5 Å². The number of nitrogens with zero attached hydrogens (tertiary/aromatic N) is 2. The minimum absolute atomic E-state index is 0.663. The van der Waals surface area contributed by atoms with Crippen LogP contribution >= 0.6 is 0 Å². The summed E-state index contributed by atoms with van der Waals surface area (Å²) in [7, 11) is 2.21. The summed E-state index contributed by atoms with van der Waals surface area (Å²) in [6, 6.07) is 1.36. The van der Waals surface area contributed by atoms with Crippen LogP contribution in [0, 0.1) is 5.92 Å². The third-order valence-electron chi connectivity index (χ3n) is 4.84. The summed E-state index contributed by atoms with van der Waals surface area (Å²) in [4.78, 5) is 7.18. The molecule has 0 bridgehead atoms. The van der Waals surface area contributed by atoms with E-state index in [1.54, 1.807) is 0 Å². The molecular weight excluding hydrogens is 224 g/mol. The largest absolute Gasteiger partial charge is 0.351 e. The zero-order chi connectivity index (χ0) is 12.4. The maximum atomic E-state index is 4.80. The number of aliphatic imine (C=N–C) groups is 1. The van der Waals surface area contributed by atoms with Gasteiger partial charge in [0.25, 0.3) is 0 Å². The lowest BCUT2D eigenvalue weighted by Crippen LogP contribution is -2.37. The van der Waals surface area contributed by atoms with Crippen molar-refractivity contribution in [2.75, 3.05) is 26.7 Å². The van der Waals surface area contributed by atoms with E-state index in [9.17, 15) is 0 Å². The Hall–Kier alpha value is -0.770. The molecule has 0 aromatic rings. The lowest BCUT2D eigenvalue weighted by atomic mass is 9.91. The van der Waals surface area contributed by atoms with E-state index in [1.165, 1.54) is 51.6 Å².